The molecule has 0 aliphatic heterocycles. The first-order chi connectivity index (χ1) is 15.7. The Balaban J connectivity index is 2.74. The molecule has 1 aromatic carbocycles. The summed E-state index contributed by atoms with van der Waals surface area (Å²) >= 11 is 5.40. The highest BCUT2D eigenvalue weighted by molar-refractivity contribution is 14.1. The standard InChI is InChI=1S/C24H30BrIN2O7/c1-22(2,3)33-19(30)27-12-16(26)14-10-13(25)11-15(17(14)27)18(29)28(20(31)34-23(4,5)6)21(32)35-24(7,8)9/h10-12H,1-9H3. The second-order valence-corrected chi connectivity index (χ2v) is 12.9. The third kappa shape index (κ3) is 7.66. The fourth-order valence-electron chi connectivity index (χ4n) is 2.88. The number of amides is 3. The smallest absolute Gasteiger partial charge is 0.427 e. The fraction of sp³-hybridized carbons (Fsp3) is 0.500. The lowest BCUT2D eigenvalue weighted by molar-refractivity contribution is 0.00399. The Hall–Kier alpha value is -2.15. The fourth-order valence-corrected chi connectivity index (χ4v) is 4.03. The van der Waals surface area contributed by atoms with Gasteiger partial charge < -0.3 is 14.2 Å². The Morgan fingerprint density at radius 2 is 1.29 bits per heavy atom. The van der Waals surface area contributed by atoms with E-state index in [4.69, 9.17) is 14.2 Å². The van der Waals surface area contributed by atoms with Crippen molar-refractivity contribution in [1.82, 2.24) is 9.47 Å². The van der Waals surface area contributed by atoms with Crippen LogP contribution in [0.25, 0.3) is 10.9 Å². The van der Waals surface area contributed by atoms with Crippen LogP contribution in [0.15, 0.2) is 22.8 Å². The number of halogens is 2. The number of hydrogen-bond donors (Lipinski definition) is 0. The lowest BCUT2D eigenvalue weighted by Crippen LogP contribution is -2.47. The van der Waals surface area contributed by atoms with Gasteiger partial charge in [-0.3, -0.25) is 9.36 Å². The van der Waals surface area contributed by atoms with Gasteiger partial charge in [-0.25, -0.2) is 14.4 Å². The molecule has 0 saturated carbocycles. The van der Waals surface area contributed by atoms with Gasteiger partial charge in [0, 0.05) is 19.6 Å². The van der Waals surface area contributed by atoms with E-state index in [1.54, 1.807) is 68.4 Å². The highest BCUT2D eigenvalue weighted by Gasteiger charge is 2.38. The van der Waals surface area contributed by atoms with Crippen molar-refractivity contribution in [3.05, 3.63) is 31.9 Å². The predicted molar refractivity (Wildman–Crippen MR) is 143 cm³/mol. The molecule has 0 spiro atoms. The third-order valence-electron chi connectivity index (χ3n) is 3.99. The number of aromatic nitrogens is 1. The van der Waals surface area contributed by atoms with Gasteiger partial charge in [0.05, 0.1) is 11.1 Å². The van der Waals surface area contributed by atoms with Crippen LogP contribution in [-0.4, -0.2) is 50.5 Å². The molecule has 0 fully saturated rings. The summed E-state index contributed by atoms with van der Waals surface area (Å²) in [6.45, 7) is 14.8. The predicted octanol–water partition coefficient (Wildman–Crippen LogP) is 7.10. The van der Waals surface area contributed by atoms with Crippen molar-refractivity contribution in [2.45, 2.75) is 79.1 Å². The Labute approximate surface area is 226 Å². The van der Waals surface area contributed by atoms with Crippen molar-refractivity contribution in [1.29, 1.82) is 0 Å². The Kier molecular flexibility index (Phi) is 8.37. The van der Waals surface area contributed by atoms with E-state index in [0.29, 0.717) is 18.3 Å². The summed E-state index contributed by atoms with van der Waals surface area (Å²) in [6, 6.07) is 3.14. The van der Waals surface area contributed by atoms with Crippen LogP contribution in [-0.2, 0) is 14.2 Å². The van der Waals surface area contributed by atoms with E-state index in [0.717, 1.165) is 0 Å². The summed E-state index contributed by atoms with van der Waals surface area (Å²) in [7, 11) is 0. The van der Waals surface area contributed by atoms with Crippen molar-refractivity contribution in [3.63, 3.8) is 0 Å². The molecule has 0 N–H and O–H groups in total. The molecule has 192 valence electrons. The largest absolute Gasteiger partial charge is 0.443 e. The molecule has 3 amide bonds. The van der Waals surface area contributed by atoms with Gasteiger partial charge in [-0.2, -0.15) is 0 Å². The third-order valence-corrected chi connectivity index (χ3v) is 5.31. The first kappa shape index (κ1) is 29.1. The minimum atomic E-state index is -1.20. The average Bonchev–Trinajstić information content (AvgIpc) is 2.93. The maximum Gasteiger partial charge on any atom is 0.427 e. The molecule has 0 radical (unpaired) electrons. The molecular weight excluding hydrogens is 635 g/mol. The minimum absolute atomic E-state index is 0.0973. The maximum atomic E-state index is 13.8. The summed E-state index contributed by atoms with van der Waals surface area (Å²) in [5, 5.41) is 0.544. The van der Waals surface area contributed by atoms with Gasteiger partial charge in [-0.1, -0.05) is 15.9 Å². The molecule has 1 aromatic heterocycles. The van der Waals surface area contributed by atoms with Crippen LogP contribution in [0.4, 0.5) is 14.4 Å². The number of ether oxygens (including phenoxy) is 3. The molecule has 0 atom stereocenters. The lowest BCUT2D eigenvalue weighted by Gasteiger charge is -2.27. The van der Waals surface area contributed by atoms with E-state index in [-0.39, 0.29) is 11.1 Å². The molecule has 0 saturated heterocycles. The van der Waals surface area contributed by atoms with Crippen molar-refractivity contribution in [2.24, 2.45) is 0 Å². The SMILES string of the molecule is CC(C)(C)OC(=O)N(C(=O)OC(C)(C)C)C(=O)c1cc(Br)cc2c(I)cn(C(=O)OC(C)(C)C)c12. The number of hydrogen-bond acceptors (Lipinski definition) is 7. The van der Waals surface area contributed by atoms with Crippen LogP contribution in [0.5, 0.6) is 0 Å². The molecule has 0 bridgehead atoms. The van der Waals surface area contributed by atoms with E-state index in [2.05, 4.69) is 15.9 Å². The van der Waals surface area contributed by atoms with Gasteiger partial charge in [0.25, 0.3) is 5.91 Å². The van der Waals surface area contributed by atoms with Gasteiger partial charge in [0.15, 0.2) is 0 Å². The second kappa shape index (κ2) is 10.1. The van der Waals surface area contributed by atoms with Gasteiger partial charge in [-0.15, -0.1) is 4.90 Å². The highest BCUT2D eigenvalue weighted by atomic mass is 127. The molecule has 0 aliphatic carbocycles. The first-order valence-electron chi connectivity index (χ1n) is 10.7. The van der Waals surface area contributed by atoms with Crippen molar-refractivity contribution in [2.75, 3.05) is 0 Å². The maximum absolute atomic E-state index is 13.8. The van der Waals surface area contributed by atoms with E-state index in [9.17, 15) is 19.2 Å². The van der Waals surface area contributed by atoms with Gasteiger partial charge in [-0.05, 0) is 97.0 Å². The highest BCUT2D eigenvalue weighted by Crippen LogP contribution is 2.32. The monoisotopic (exact) mass is 664 g/mol. The van der Waals surface area contributed by atoms with Crippen LogP contribution in [0.1, 0.15) is 72.7 Å². The van der Waals surface area contributed by atoms with Crippen LogP contribution in [0.2, 0.25) is 0 Å². The Bertz CT molecular complexity index is 1160. The van der Waals surface area contributed by atoms with Crippen LogP contribution >= 0.6 is 38.5 Å². The molecule has 0 aliphatic rings. The minimum Gasteiger partial charge on any atom is -0.443 e. The Morgan fingerprint density at radius 3 is 1.71 bits per heavy atom. The number of imide groups is 3. The van der Waals surface area contributed by atoms with Crippen LogP contribution in [0.3, 0.4) is 0 Å². The summed E-state index contributed by atoms with van der Waals surface area (Å²) in [5.74, 6) is -1.01. The van der Waals surface area contributed by atoms with Gasteiger partial charge in [0.1, 0.15) is 16.8 Å². The zero-order valence-electron chi connectivity index (χ0n) is 21.2. The Morgan fingerprint density at radius 1 is 0.829 bits per heavy atom. The number of nitrogens with zero attached hydrogens (tertiary/aromatic N) is 2. The van der Waals surface area contributed by atoms with Crippen molar-refractivity contribution in [3.8, 4) is 0 Å². The molecule has 11 heteroatoms. The molecule has 35 heavy (non-hydrogen) atoms. The number of fused-ring (bicyclic) bond motifs is 1. The van der Waals surface area contributed by atoms with Crippen LogP contribution in [0, 0.1) is 3.57 Å². The van der Waals surface area contributed by atoms with E-state index < -0.39 is 41.0 Å². The molecule has 0 unspecified atom stereocenters. The summed E-state index contributed by atoms with van der Waals surface area (Å²) in [4.78, 5) is 53.1. The first-order valence-corrected chi connectivity index (χ1v) is 12.6. The lowest BCUT2D eigenvalue weighted by atomic mass is 10.1. The topological polar surface area (TPSA) is 104 Å². The molecule has 9 nitrogen and oxygen atoms in total. The normalized spacial score (nSPS) is 12.3. The summed E-state index contributed by atoms with van der Waals surface area (Å²) in [5.41, 5.74) is -2.70. The molecular formula is C24H30BrIN2O7. The zero-order chi connectivity index (χ0) is 27.1. The summed E-state index contributed by atoms with van der Waals surface area (Å²) < 4.78 is 18.5. The van der Waals surface area contributed by atoms with Crippen LogP contribution < -0.4 is 0 Å². The van der Waals surface area contributed by atoms with Crippen molar-refractivity contribution >= 4 is 73.6 Å². The van der Waals surface area contributed by atoms with E-state index in [1.165, 1.54) is 16.8 Å². The number of carbonyl (C=O) groups excluding carboxylic acids is 4. The quantitative estimate of drug-likeness (QED) is 0.237. The molecule has 2 aromatic rings. The second-order valence-electron chi connectivity index (χ2n) is 10.8. The average molecular weight is 665 g/mol. The number of rotatable bonds is 1. The van der Waals surface area contributed by atoms with Crippen molar-refractivity contribution < 1.29 is 33.4 Å². The summed E-state index contributed by atoms with van der Waals surface area (Å²) in [6.07, 6.45) is -1.60. The van der Waals surface area contributed by atoms with E-state index >= 15 is 0 Å². The zero-order valence-corrected chi connectivity index (χ0v) is 25.0. The number of benzene rings is 1. The van der Waals surface area contributed by atoms with E-state index in [1.807, 2.05) is 22.6 Å². The molecule has 1 heterocycles. The van der Waals surface area contributed by atoms with Gasteiger partial charge >= 0.3 is 18.3 Å². The number of carbonyl (C=O) groups is 4. The van der Waals surface area contributed by atoms with Gasteiger partial charge in [0.2, 0.25) is 0 Å². The molecule has 2 rings (SSSR count).